The van der Waals surface area contributed by atoms with Gasteiger partial charge in [0.15, 0.2) is 0 Å². The van der Waals surface area contributed by atoms with E-state index >= 15 is 0 Å². The predicted octanol–water partition coefficient (Wildman–Crippen LogP) is 3.48. The third-order valence-corrected chi connectivity index (χ3v) is 4.24. The van der Waals surface area contributed by atoms with Gasteiger partial charge in [0.2, 0.25) is 5.78 Å². The minimum absolute atomic E-state index is 0.432. The number of aryl methyl sites for hydroxylation is 1. The molecule has 22 heavy (non-hydrogen) atoms. The van der Waals surface area contributed by atoms with Crippen LogP contribution in [0.2, 0.25) is 0 Å². The van der Waals surface area contributed by atoms with Crippen molar-refractivity contribution in [3.8, 4) is 0 Å². The first-order chi connectivity index (χ1) is 10.7. The van der Waals surface area contributed by atoms with E-state index in [1.165, 1.54) is 4.90 Å². The van der Waals surface area contributed by atoms with Crippen LogP contribution in [0.1, 0.15) is 22.3 Å². The van der Waals surface area contributed by atoms with Crippen molar-refractivity contribution in [3.63, 3.8) is 0 Å². The second kappa shape index (κ2) is 8.39. The average molecular weight is 313 g/mol. The van der Waals surface area contributed by atoms with Gasteiger partial charge in [-0.15, -0.1) is 11.8 Å². The molecular weight excluding hydrogens is 294 g/mol. The summed E-state index contributed by atoms with van der Waals surface area (Å²) in [5.41, 5.74) is 1.50. The lowest BCUT2D eigenvalue weighted by Crippen LogP contribution is -2.32. The standard InChI is InChI=1S/C18H19NO2S/c1-14-8-10-15(11-9-14)17(20)18(21)19-12-5-13-22-16-6-3-2-4-7-16/h2-4,6-11H,5,12-13H2,1H3,(H,19,21). The molecule has 2 rings (SSSR count). The van der Waals surface area contributed by atoms with Crippen LogP contribution < -0.4 is 5.32 Å². The van der Waals surface area contributed by atoms with E-state index in [2.05, 4.69) is 17.4 Å². The van der Waals surface area contributed by atoms with Crippen molar-refractivity contribution in [2.75, 3.05) is 12.3 Å². The lowest BCUT2D eigenvalue weighted by atomic mass is 10.1. The fourth-order valence-corrected chi connectivity index (χ4v) is 2.77. The molecule has 4 heteroatoms. The van der Waals surface area contributed by atoms with Crippen LogP contribution in [0.4, 0.5) is 0 Å². The Bertz CT molecular complexity index is 623. The van der Waals surface area contributed by atoms with Crippen LogP contribution in [0, 0.1) is 6.92 Å². The molecular formula is C18H19NO2S. The quantitative estimate of drug-likeness (QED) is 0.368. The molecule has 0 aliphatic carbocycles. The molecule has 0 radical (unpaired) electrons. The Balaban J connectivity index is 1.69. The molecule has 0 unspecified atom stereocenters. The van der Waals surface area contributed by atoms with E-state index in [1.807, 2.05) is 37.3 Å². The molecule has 0 saturated carbocycles. The molecule has 2 aromatic rings. The van der Waals surface area contributed by atoms with Gasteiger partial charge in [0.1, 0.15) is 0 Å². The van der Waals surface area contributed by atoms with Crippen molar-refractivity contribution in [2.45, 2.75) is 18.2 Å². The van der Waals surface area contributed by atoms with E-state index in [9.17, 15) is 9.59 Å². The molecule has 0 aliphatic heterocycles. The van der Waals surface area contributed by atoms with Crippen LogP contribution in [-0.4, -0.2) is 24.0 Å². The van der Waals surface area contributed by atoms with Crippen LogP contribution in [0.15, 0.2) is 59.5 Å². The second-order valence-electron chi connectivity index (χ2n) is 4.97. The predicted molar refractivity (Wildman–Crippen MR) is 90.3 cm³/mol. The van der Waals surface area contributed by atoms with E-state index in [1.54, 1.807) is 23.9 Å². The molecule has 1 amide bonds. The number of nitrogens with one attached hydrogen (secondary N) is 1. The number of rotatable bonds is 7. The summed E-state index contributed by atoms with van der Waals surface area (Å²) in [6.45, 7) is 2.45. The van der Waals surface area contributed by atoms with Crippen LogP contribution >= 0.6 is 11.8 Å². The van der Waals surface area contributed by atoms with Gasteiger partial charge in [0.05, 0.1) is 0 Å². The zero-order valence-electron chi connectivity index (χ0n) is 12.5. The SMILES string of the molecule is Cc1ccc(C(=O)C(=O)NCCCSc2ccccc2)cc1. The van der Waals surface area contributed by atoms with Gasteiger partial charge in [-0.2, -0.15) is 0 Å². The van der Waals surface area contributed by atoms with Crippen LogP contribution in [0.5, 0.6) is 0 Å². The third kappa shape index (κ3) is 5.04. The summed E-state index contributed by atoms with van der Waals surface area (Å²) in [6, 6.07) is 17.1. The number of thioether (sulfide) groups is 1. The molecule has 3 nitrogen and oxygen atoms in total. The summed E-state index contributed by atoms with van der Waals surface area (Å²) < 4.78 is 0. The fraction of sp³-hybridized carbons (Fsp3) is 0.222. The van der Waals surface area contributed by atoms with E-state index in [0.717, 1.165) is 17.7 Å². The van der Waals surface area contributed by atoms with E-state index < -0.39 is 11.7 Å². The summed E-state index contributed by atoms with van der Waals surface area (Å²) in [5, 5.41) is 2.68. The Labute approximate surface area is 135 Å². The van der Waals surface area contributed by atoms with Crippen molar-refractivity contribution < 1.29 is 9.59 Å². The first-order valence-electron chi connectivity index (χ1n) is 7.24. The fourth-order valence-electron chi connectivity index (χ4n) is 1.90. The van der Waals surface area contributed by atoms with Gasteiger partial charge in [-0.25, -0.2) is 0 Å². The number of hydrogen-bond donors (Lipinski definition) is 1. The van der Waals surface area contributed by atoms with E-state index in [-0.39, 0.29) is 0 Å². The van der Waals surface area contributed by atoms with Crippen LogP contribution in [0.3, 0.4) is 0 Å². The maximum absolute atomic E-state index is 11.9. The maximum Gasteiger partial charge on any atom is 0.292 e. The Morgan fingerprint density at radius 1 is 1.00 bits per heavy atom. The number of Topliss-reactive ketones (excluding diaryl/α,β-unsaturated/α-hetero) is 1. The molecule has 1 N–H and O–H groups in total. The zero-order valence-corrected chi connectivity index (χ0v) is 13.4. The average Bonchev–Trinajstić information content (AvgIpc) is 2.55. The Kier molecular flexibility index (Phi) is 6.22. The van der Waals surface area contributed by atoms with Crippen molar-refractivity contribution in [3.05, 3.63) is 65.7 Å². The molecule has 0 heterocycles. The van der Waals surface area contributed by atoms with Gasteiger partial charge < -0.3 is 5.32 Å². The number of amides is 1. The first-order valence-corrected chi connectivity index (χ1v) is 8.22. The minimum Gasteiger partial charge on any atom is -0.349 e. The van der Waals surface area contributed by atoms with Gasteiger partial charge in [-0.3, -0.25) is 9.59 Å². The van der Waals surface area contributed by atoms with E-state index in [0.29, 0.717) is 12.1 Å². The van der Waals surface area contributed by atoms with Crippen molar-refractivity contribution in [2.24, 2.45) is 0 Å². The van der Waals surface area contributed by atoms with Gasteiger partial charge in [-0.1, -0.05) is 48.0 Å². The normalized spacial score (nSPS) is 10.2. The molecule has 2 aromatic carbocycles. The summed E-state index contributed by atoms with van der Waals surface area (Å²) >= 11 is 1.74. The maximum atomic E-state index is 11.9. The Hall–Kier alpha value is -2.07. The molecule has 0 aliphatic rings. The number of ketones is 1. The van der Waals surface area contributed by atoms with Gasteiger partial charge in [0, 0.05) is 17.0 Å². The Morgan fingerprint density at radius 3 is 2.36 bits per heavy atom. The number of hydrogen-bond acceptors (Lipinski definition) is 3. The topological polar surface area (TPSA) is 46.2 Å². The second-order valence-corrected chi connectivity index (χ2v) is 6.13. The summed E-state index contributed by atoms with van der Waals surface area (Å²) in [4.78, 5) is 24.9. The molecule has 0 spiro atoms. The lowest BCUT2D eigenvalue weighted by Gasteiger charge is -2.05. The summed E-state index contributed by atoms with van der Waals surface area (Å²) in [5.74, 6) is -0.104. The smallest absolute Gasteiger partial charge is 0.292 e. The van der Waals surface area contributed by atoms with Crippen molar-refractivity contribution in [1.82, 2.24) is 5.32 Å². The van der Waals surface area contributed by atoms with Gasteiger partial charge >= 0.3 is 0 Å². The van der Waals surface area contributed by atoms with Gasteiger partial charge in [0.25, 0.3) is 5.91 Å². The highest BCUT2D eigenvalue weighted by Gasteiger charge is 2.14. The highest BCUT2D eigenvalue weighted by molar-refractivity contribution is 7.99. The third-order valence-electron chi connectivity index (χ3n) is 3.14. The molecule has 0 atom stereocenters. The molecule has 0 saturated heterocycles. The highest BCUT2D eigenvalue weighted by Crippen LogP contribution is 2.17. The largest absolute Gasteiger partial charge is 0.349 e. The van der Waals surface area contributed by atoms with Gasteiger partial charge in [-0.05, 0) is 31.2 Å². The molecule has 0 aromatic heterocycles. The van der Waals surface area contributed by atoms with E-state index in [4.69, 9.17) is 0 Å². The van der Waals surface area contributed by atoms with Crippen LogP contribution in [-0.2, 0) is 4.79 Å². The number of benzene rings is 2. The first kappa shape index (κ1) is 16.3. The van der Waals surface area contributed by atoms with Crippen LogP contribution in [0.25, 0.3) is 0 Å². The summed E-state index contributed by atoms with van der Waals surface area (Å²) in [7, 11) is 0. The molecule has 0 fully saturated rings. The number of carbonyl (C=O) groups excluding carboxylic acids is 2. The lowest BCUT2D eigenvalue weighted by molar-refractivity contribution is -0.116. The molecule has 0 bridgehead atoms. The number of carbonyl (C=O) groups is 2. The van der Waals surface area contributed by atoms with Crippen molar-refractivity contribution >= 4 is 23.5 Å². The monoisotopic (exact) mass is 313 g/mol. The summed E-state index contributed by atoms with van der Waals surface area (Å²) in [6.07, 6.45) is 0.826. The zero-order chi connectivity index (χ0) is 15.8. The minimum atomic E-state index is -0.534. The van der Waals surface area contributed by atoms with Crippen molar-refractivity contribution in [1.29, 1.82) is 0 Å². The molecule has 114 valence electrons. The Morgan fingerprint density at radius 2 is 1.68 bits per heavy atom. The highest BCUT2D eigenvalue weighted by atomic mass is 32.2.